The topological polar surface area (TPSA) is 62.1 Å². The molecule has 0 unspecified atom stereocenters. The van der Waals surface area contributed by atoms with Crippen molar-refractivity contribution in [2.75, 3.05) is 14.1 Å². The number of H-pyrrole nitrogens is 1. The van der Waals surface area contributed by atoms with Crippen molar-refractivity contribution < 1.29 is 0 Å². The Morgan fingerprint density at radius 2 is 1.83 bits per heavy atom. The van der Waals surface area contributed by atoms with E-state index in [1.165, 1.54) is 47.9 Å². The lowest BCUT2D eigenvalue weighted by atomic mass is 9.82. The molecular weight excluding hydrogens is 360 g/mol. The zero-order valence-electron chi connectivity index (χ0n) is 17.6. The smallest absolute Gasteiger partial charge is 0.158 e. The number of rotatable bonds is 3. The van der Waals surface area contributed by atoms with Crippen molar-refractivity contribution >= 4 is 16.6 Å². The van der Waals surface area contributed by atoms with Crippen LogP contribution in [-0.2, 0) is 0 Å². The molecule has 1 N–H and O–H groups in total. The summed E-state index contributed by atoms with van der Waals surface area (Å²) in [6.45, 7) is 4.27. The van der Waals surface area contributed by atoms with Crippen LogP contribution in [0.4, 0.5) is 0 Å². The number of pyridine rings is 1. The minimum atomic E-state index is 0.579. The molecular formula is C23H28N6. The lowest BCUT2D eigenvalue weighted by Gasteiger charge is -2.32. The summed E-state index contributed by atoms with van der Waals surface area (Å²) in [5.41, 5.74) is 8.01. The van der Waals surface area contributed by atoms with E-state index >= 15 is 0 Å². The van der Waals surface area contributed by atoms with Gasteiger partial charge in [-0.2, -0.15) is 10.2 Å². The minimum Gasteiger partial charge on any atom is -0.306 e. The first-order chi connectivity index (χ1) is 14.0. The van der Waals surface area contributed by atoms with Gasteiger partial charge in [0.1, 0.15) is 6.33 Å². The maximum absolute atomic E-state index is 4.68. The normalized spacial score (nSPS) is 20.2. The second kappa shape index (κ2) is 6.95. The van der Waals surface area contributed by atoms with Gasteiger partial charge < -0.3 is 4.90 Å². The predicted molar refractivity (Wildman–Crippen MR) is 116 cm³/mol. The molecule has 0 radical (unpaired) electrons. The van der Waals surface area contributed by atoms with Crippen molar-refractivity contribution in [1.82, 2.24) is 29.7 Å². The molecule has 150 valence electrons. The molecule has 1 aliphatic rings. The van der Waals surface area contributed by atoms with Crippen LogP contribution in [0.3, 0.4) is 0 Å². The Bertz CT molecular complexity index is 1180. The monoisotopic (exact) mass is 388 g/mol. The molecule has 0 saturated heterocycles. The summed E-state index contributed by atoms with van der Waals surface area (Å²) >= 11 is 0. The fourth-order valence-electron chi connectivity index (χ4n) is 4.93. The first-order valence-corrected chi connectivity index (χ1v) is 10.5. The second-order valence-electron chi connectivity index (χ2n) is 8.73. The summed E-state index contributed by atoms with van der Waals surface area (Å²) in [5.74, 6) is 0.579. The van der Waals surface area contributed by atoms with Gasteiger partial charge in [0.15, 0.2) is 5.65 Å². The highest BCUT2D eigenvalue weighted by Gasteiger charge is 2.26. The number of hydrogen-bond acceptors (Lipinski definition) is 4. The Hall–Kier alpha value is -2.73. The highest BCUT2D eigenvalue weighted by molar-refractivity contribution is 5.88. The molecule has 1 aromatic carbocycles. The van der Waals surface area contributed by atoms with Gasteiger partial charge in [-0.3, -0.25) is 5.10 Å². The third-order valence-electron chi connectivity index (χ3n) is 6.64. The molecule has 4 aromatic rings. The molecule has 6 nitrogen and oxygen atoms in total. The van der Waals surface area contributed by atoms with Gasteiger partial charge >= 0.3 is 0 Å². The molecule has 1 saturated carbocycles. The molecule has 29 heavy (non-hydrogen) atoms. The van der Waals surface area contributed by atoms with E-state index in [1.54, 1.807) is 6.33 Å². The van der Waals surface area contributed by atoms with Crippen LogP contribution in [0.15, 0.2) is 30.7 Å². The number of hydrogen-bond donors (Lipinski definition) is 1. The molecule has 3 heterocycles. The van der Waals surface area contributed by atoms with Crippen molar-refractivity contribution in [2.45, 2.75) is 51.5 Å². The SMILES string of the molecule is Cc1cc2c(C3CCC(N(C)C)CC3)[nH]nc2cc1-c1cc(C)c2ncnn2c1. The van der Waals surface area contributed by atoms with Gasteiger partial charge in [0.2, 0.25) is 0 Å². The van der Waals surface area contributed by atoms with Crippen molar-refractivity contribution in [2.24, 2.45) is 0 Å². The Kier molecular flexibility index (Phi) is 4.39. The van der Waals surface area contributed by atoms with Crippen molar-refractivity contribution in [3.63, 3.8) is 0 Å². The lowest BCUT2D eigenvalue weighted by Crippen LogP contribution is -2.31. The molecule has 5 rings (SSSR count). The quantitative estimate of drug-likeness (QED) is 0.562. The average Bonchev–Trinajstić information content (AvgIpc) is 3.34. The second-order valence-corrected chi connectivity index (χ2v) is 8.73. The molecule has 0 amide bonds. The predicted octanol–water partition coefficient (Wildman–Crippen LogP) is 4.48. The fraction of sp³-hybridized carbons (Fsp3) is 0.435. The third-order valence-corrected chi connectivity index (χ3v) is 6.64. The van der Waals surface area contributed by atoms with Crippen LogP contribution < -0.4 is 0 Å². The zero-order chi connectivity index (χ0) is 20.1. The molecule has 0 atom stereocenters. The van der Waals surface area contributed by atoms with Crippen molar-refractivity contribution in [3.05, 3.63) is 47.5 Å². The number of nitrogens with zero attached hydrogens (tertiary/aromatic N) is 5. The van der Waals surface area contributed by atoms with E-state index in [2.05, 4.69) is 77.5 Å². The number of fused-ring (bicyclic) bond motifs is 2. The van der Waals surface area contributed by atoms with E-state index in [0.29, 0.717) is 12.0 Å². The molecule has 1 aliphatic carbocycles. The Morgan fingerprint density at radius 1 is 1.03 bits per heavy atom. The maximum atomic E-state index is 4.68. The summed E-state index contributed by atoms with van der Waals surface area (Å²) in [6, 6.07) is 7.42. The van der Waals surface area contributed by atoms with E-state index in [9.17, 15) is 0 Å². The summed E-state index contributed by atoms with van der Waals surface area (Å²) in [4.78, 5) is 6.69. The van der Waals surface area contributed by atoms with Gasteiger partial charge in [0, 0.05) is 34.8 Å². The van der Waals surface area contributed by atoms with Gasteiger partial charge in [0.25, 0.3) is 0 Å². The van der Waals surface area contributed by atoms with Crippen LogP contribution >= 0.6 is 0 Å². The van der Waals surface area contributed by atoms with E-state index in [0.717, 1.165) is 22.3 Å². The third kappa shape index (κ3) is 3.12. The van der Waals surface area contributed by atoms with E-state index in [1.807, 2.05) is 4.52 Å². The summed E-state index contributed by atoms with van der Waals surface area (Å²) < 4.78 is 1.85. The molecule has 0 bridgehead atoms. The van der Waals surface area contributed by atoms with Gasteiger partial charge in [-0.1, -0.05) is 0 Å². The summed E-state index contributed by atoms with van der Waals surface area (Å²) in [6.07, 6.45) is 8.62. The van der Waals surface area contributed by atoms with E-state index in [4.69, 9.17) is 0 Å². The van der Waals surface area contributed by atoms with E-state index in [-0.39, 0.29) is 0 Å². The molecule has 6 heteroatoms. The lowest BCUT2D eigenvalue weighted by molar-refractivity contribution is 0.215. The molecule has 3 aromatic heterocycles. The first-order valence-electron chi connectivity index (χ1n) is 10.5. The van der Waals surface area contributed by atoms with Gasteiger partial charge in [-0.25, -0.2) is 9.50 Å². The van der Waals surface area contributed by atoms with Crippen molar-refractivity contribution in [1.29, 1.82) is 0 Å². The molecule has 0 aliphatic heterocycles. The number of benzene rings is 1. The summed E-state index contributed by atoms with van der Waals surface area (Å²) in [5, 5.41) is 13.7. The number of aryl methyl sites for hydroxylation is 2. The van der Waals surface area contributed by atoms with Crippen molar-refractivity contribution in [3.8, 4) is 11.1 Å². The first kappa shape index (κ1) is 18.3. The van der Waals surface area contributed by atoms with Crippen LogP contribution in [0, 0.1) is 13.8 Å². The Morgan fingerprint density at radius 3 is 2.59 bits per heavy atom. The fourth-order valence-corrected chi connectivity index (χ4v) is 4.93. The Labute approximate surface area is 170 Å². The standard InChI is InChI=1S/C23H28N6/c1-14-10-20-21(26-27-22(20)16-5-7-18(8-6-16)28(3)4)11-19(14)17-9-15(2)23-24-13-25-29(23)12-17/h9-13,16,18H,5-8H2,1-4H3,(H,26,27). The van der Waals surface area contributed by atoms with Crippen LogP contribution in [0.5, 0.6) is 0 Å². The highest BCUT2D eigenvalue weighted by Crippen LogP contribution is 2.38. The number of aromatic amines is 1. The molecule has 1 fully saturated rings. The number of nitrogens with one attached hydrogen (secondary N) is 1. The number of aromatic nitrogens is 5. The van der Waals surface area contributed by atoms with Gasteiger partial charge in [-0.05, 0) is 88.5 Å². The van der Waals surface area contributed by atoms with E-state index < -0.39 is 0 Å². The van der Waals surface area contributed by atoms with Gasteiger partial charge in [0.05, 0.1) is 5.52 Å². The zero-order valence-corrected chi connectivity index (χ0v) is 17.6. The van der Waals surface area contributed by atoms with Gasteiger partial charge in [-0.15, -0.1) is 0 Å². The molecule has 0 spiro atoms. The Balaban J connectivity index is 1.51. The average molecular weight is 389 g/mol. The maximum Gasteiger partial charge on any atom is 0.158 e. The highest BCUT2D eigenvalue weighted by atomic mass is 15.3. The minimum absolute atomic E-state index is 0.579. The summed E-state index contributed by atoms with van der Waals surface area (Å²) in [7, 11) is 4.39. The largest absolute Gasteiger partial charge is 0.306 e. The van der Waals surface area contributed by atoms with Crippen LogP contribution in [-0.4, -0.2) is 49.8 Å². The van der Waals surface area contributed by atoms with Crippen LogP contribution in [0.25, 0.3) is 27.7 Å². The van der Waals surface area contributed by atoms with Crippen LogP contribution in [0.2, 0.25) is 0 Å². The van der Waals surface area contributed by atoms with Crippen LogP contribution in [0.1, 0.15) is 48.4 Å².